The molecule has 1 atom stereocenters. The van der Waals surface area contributed by atoms with Crippen molar-refractivity contribution in [1.29, 1.82) is 0 Å². The lowest BCUT2D eigenvalue weighted by Crippen LogP contribution is -2.32. The van der Waals surface area contributed by atoms with Crippen LogP contribution in [0.2, 0.25) is 0 Å². The quantitative estimate of drug-likeness (QED) is 0.918. The van der Waals surface area contributed by atoms with Gasteiger partial charge in [0.05, 0.1) is 18.5 Å². The first-order valence-electron chi connectivity index (χ1n) is 8.30. The molecule has 0 aliphatic carbocycles. The maximum atomic E-state index is 12.1. The summed E-state index contributed by atoms with van der Waals surface area (Å²) in [6, 6.07) is 0. The number of amides is 1. The van der Waals surface area contributed by atoms with Gasteiger partial charge in [-0.2, -0.15) is 0 Å². The minimum absolute atomic E-state index is 0.147. The van der Waals surface area contributed by atoms with Gasteiger partial charge < -0.3 is 15.0 Å². The lowest BCUT2D eigenvalue weighted by Gasteiger charge is -2.20. The maximum Gasteiger partial charge on any atom is 0.271 e. The smallest absolute Gasteiger partial charge is 0.271 e. The Morgan fingerprint density at radius 3 is 2.64 bits per heavy atom. The molecule has 0 spiro atoms. The van der Waals surface area contributed by atoms with E-state index in [4.69, 9.17) is 4.74 Å². The monoisotopic (exact) mass is 304 g/mol. The summed E-state index contributed by atoms with van der Waals surface area (Å²) in [7, 11) is 0. The van der Waals surface area contributed by atoms with E-state index < -0.39 is 0 Å². The highest BCUT2D eigenvalue weighted by Gasteiger charge is 2.18. The zero-order valence-corrected chi connectivity index (χ0v) is 13.0. The van der Waals surface area contributed by atoms with Gasteiger partial charge in [0.2, 0.25) is 0 Å². The molecular weight excluding hydrogens is 280 g/mol. The number of ether oxygens (including phenoxy) is 1. The normalized spacial score (nSPS) is 22.4. The van der Waals surface area contributed by atoms with Crippen LogP contribution in [0.1, 0.15) is 49.0 Å². The second-order valence-electron chi connectivity index (χ2n) is 6.01. The number of rotatable bonds is 4. The van der Waals surface area contributed by atoms with E-state index in [9.17, 15) is 4.79 Å². The van der Waals surface area contributed by atoms with Gasteiger partial charge in [-0.15, -0.1) is 0 Å². The summed E-state index contributed by atoms with van der Waals surface area (Å²) in [6.45, 7) is 3.40. The van der Waals surface area contributed by atoms with Crippen LogP contribution in [0.3, 0.4) is 0 Å². The van der Waals surface area contributed by atoms with Crippen LogP contribution in [0.15, 0.2) is 12.4 Å². The minimum Gasteiger partial charge on any atom is -0.376 e. The molecule has 0 saturated carbocycles. The van der Waals surface area contributed by atoms with E-state index in [1.807, 2.05) is 0 Å². The van der Waals surface area contributed by atoms with Crippen molar-refractivity contribution < 1.29 is 9.53 Å². The molecular formula is C16H24N4O2. The van der Waals surface area contributed by atoms with Crippen LogP contribution in [0.25, 0.3) is 0 Å². The predicted octanol–water partition coefficient (Wildman–Crippen LogP) is 1.77. The average Bonchev–Trinajstić information content (AvgIpc) is 2.93. The lowest BCUT2D eigenvalue weighted by molar-refractivity contribution is 0.0853. The van der Waals surface area contributed by atoms with Crippen molar-refractivity contribution in [3.05, 3.63) is 18.1 Å². The molecule has 2 fully saturated rings. The van der Waals surface area contributed by atoms with E-state index >= 15 is 0 Å². The Bertz CT molecular complexity index is 477. The fourth-order valence-electron chi connectivity index (χ4n) is 3.00. The number of hydrogen-bond acceptors (Lipinski definition) is 5. The molecule has 3 rings (SSSR count). The highest BCUT2D eigenvalue weighted by Crippen LogP contribution is 2.16. The zero-order valence-electron chi connectivity index (χ0n) is 13.0. The van der Waals surface area contributed by atoms with E-state index in [0.717, 1.165) is 38.4 Å². The minimum atomic E-state index is -0.176. The third kappa shape index (κ3) is 3.94. The summed E-state index contributed by atoms with van der Waals surface area (Å²) >= 11 is 0. The largest absolute Gasteiger partial charge is 0.376 e. The maximum absolute atomic E-state index is 12.1. The van der Waals surface area contributed by atoms with Crippen molar-refractivity contribution in [3.63, 3.8) is 0 Å². The van der Waals surface area contributed by atoms with Crippen LogP contribution in [-0.4, -0.2) is 48.2 Å². The molecule has 0 bridgehead atoms. The Balaban J connectivity index is 1.54. The lowest BCUT2D eigenvalue weighted by atomic mass is 10.2. The molecule has 1 N–H and O–H groups in total. The second-order valence-corrected chi connectivity index (χ2v) is 6.01. The summed E-state index contributed by atoms with van der Waals surface area (Å²) in [5.74, 6) is 0.697. The van der Waals surface area contributed by atoms with Crippen LogP contribution in [0.4, 0.5) is 5.82 Å². The third-order valence-corrected chi connectivity index (χ3v) is 4.32. The van der Waals surface area contributed by atoms with Crippen molar-refractivity contribution in [1.82, 2.24) is 15.3 Å². The molecule has 6 nitrogen and oxygen atoms in total. The van der Waals surface area contributed by atoms with E-state index in [-0.39, 0.29) is 12.0 Å². The van der Waals surface area contributed by atoms with Crippen LogP contribution in [-0.2, 0) is 4.74 Å². The number of nitrogens with zero attached hydrogens (tertiary/aromatic N) is 3. The molecule has 0 aromatic carbocycles. The molecule has 2 aliphatic heterocycles. The average molecular weight is 304 g/mol. The molecule has 120 valence electrons. The Kier molecular flexibility index (Phi) is 5.21. The van der Waals surface area contributed by atoms with Gasteiger partial charge in [0.25, 0.3) is 5.91 Å². The predicted molar refractivity (Wildman–Crippen MR) is 84.0 cm³/mol. The molecule has 1 unspecified atom stereocenters. The van der Waals surface area contributed by atoms with Gasteiger partial charge in [-0.1, -0.05) is 12.8 Å². The van der Waals surface area contributed by atoms with Crippen molar-refractivity contribution in [2.24, 2.45) is 0 Å². The van der Waals surface area contributed by atoms with Crippen LogP contribution in [0.5, 0.6) is 0 Å². The summed E-state index contributed by atoms with van der Waals surface area (Å²) in [5, 5.41) is 2.87. The van der Waals surface area contributed by atoms with Gasteiger partial charge in [0, 0.05) is 26.2 Å². The van der Waals surface area contributed by atoms with Gasteiger partial charge in [0.15, 0.2) is 0 Å². The molecule has 22 heavy (non-hydrogen) atoms. The fourth-order valence-corrected chi connectivity index (χ4v) is 3.00. The second kappa shape index (κ2) is 7.54. The summed E-state index contributed by atoms with van der Waals surface area (Å²) in [5.41, 5.74) is 0.372. The van der Waals surface area contributed by atoms with Gasteiger partial charge in [0.1, 0.15) is 11.5 Å². The van der Waals surface area contributed by atoms with Crippen LogP contribution in [0, 0.1) is 0 Å². The van der Waals surface area contributed by atoms with Gasteiger partial charge in [-0.25, -0.2) is 9.97 Å². The standard InChI is InChI=1S/C16H24N4O2/c21-16(19-10-13-6-5-9-22-13)14-11-18-15(12-17-14)20-7-3-1-2-4-8-20/h11-13H,1-10H2,(H,19,21). The SMILES string of the molecule is O=C(NCC1CCCO1)c1cnc(N2CCCCCC2)cn1. The van der Waals surface area contributed by atoms with Crippen molar-refractivity contribution in [2.75, 3.05) is 31.1 Å². The zero-order chi connectivity index (χ0) is 15.2. The highest BCUT2D eigenvalue weighted by molar-refractivity contribution is 5.92. The molecule has 1 amide bonds. The number of carbonyl (C=O) groups excluding carboxylic acids is 1. The number of aromatic nitrogens is 2. The van der Waals surface area contributed by atoms with Gasteiger partial charge >= 0.3 is 0 Å². The van der Waals surface area contributed by atoms with Crippen LogP contribution >= 0.6 is 0 Å². The Labute approximate surface area is 131 Å². The number of carbonyl (C=O) groups is 1. The van der Waals surface area contributed by atoms with E-state index in [1.54, 1.807) is 12.4 Å². The van der Waals surface area contributed by atoms with Crippen molar-refractivity contribution in [2.45, 2.75) is 44.6 Å². The van der Waals surface area contributed by atoms with Crippen LogP contribution < -0.4 is 10.2 Å². The molecule has 1 aromatic rings. The molecule has 1 aromatic heterocycles. The summed E-state index contributed by atoms with van der Waals surface area (Å²) < 4.78 is 5.49. The first-order valence-corrected chi connectivity index (χ1v) is 8.30. The number of nitrogens with one attached hydrogen (secondary N) is 1. The first kappa shape index (κ1) is 15.2. The number of anilines is 1. The van der Waals surface area contributed by atoms with Gasteiger partial charge in [-0.05, 0) is 25.7 Å². The van der Waals surface area contributed by atoms with E-state index in [0.29, 0.717) is 12.2 Å². The molecule has 2 saturated heterocycles. The molecule has 2 aliphatic rings. The first-order chi connectivity index (χ1) is 10.8. The summed E-state index contributed by atoms with van der Waals surface area (Å²) in [4.78, 5) is 23.0. The molecule has 6 heteroatoms. The topological polar surface area (TPSA) is 67.3 Å². The molecule has 3 heterocycles. The fraction of sp³-hybridized carbons (Fsp3) is 0.688. The Morgan fingerprint density at radius 1 is 1.18 bits per heavy atom. The van der Waals surface area contributed by atoms with Crippen molar-refractivity contribution in [3.8, 4) is 0 Å². The van der Waals surface area contributed by atoms with E-state index in [1.165, 1.54) is 25.7 Å². The third-order valence-electron chi connectivity index (χ3n) is 4.32. The Hall–Kier alpha value is -1.69. The Morgan fingerprint density at radius 2 is 2.00 bits per heavy atom. The van der Waals surface area contributed by atoms with E-state index in [2.05, 4.69) is 20.2 Å². The number of hydrogen-bond donors (Lipinski definition) is 1. The van der Waals surface area contributed by atoms with Crippen molar-refractivity contribution >= 4 is 11.7 Å². The summed E-state index contributed by atoms with van der Waals surface area (Å²) in [6.07, 6.45) is 10.5. The van der Waals surface area contributed by atoms with Gasteiger partial charge in [-0.3, -0.25) is 4.79 Å². The molecule has 0 radical (unpaired) electrons. The highest BCUT2D eigenvalue weighted by atomic mass is 16.5.